The van der Waals surface area contributed by atoms with Gasteiger partial charge in [0.1, 0.15) is 5.75 Å². The Morgan fingerprint density at radius 2 is 1.96 bits per heavy atom. The zero-order valence-electron chi connectivity index (χ0n) is 16.5. The van der Waals surface area contributed by atoms with Crippen molar-refractivity contribution < 1.29 is 9.53 Å². The second-order valence-electron chi connectivity index (χ2n) is 7.00. The first-order valence-corrected chi connectivity index (χ1v) is 9.48. The molecule has 0 radical (unpaired) electrons. The first-order valence-electron chi connectivity index (χ1n) is 9.48. The van der Waals surface area contributed by atoms with Crippen LogP contribution in [0, 0.1) is 6.92 Å². The largest absolute Gasteiger partial charge is 0.491 e. The number of ether oxygens (including phenoxy) is 1. The van der Waals surface area contributed by atoms with E-state index in [0.29, 0.717) is 12.5 Å². The molecule has 1 aliphatic rings. The molecule has 2 rings (SSSR count). The second-order valence-corrected chi connectivity index (χ2v) is 7.00. The van der Waals surface area contributed by atoms with Crippen LogP contribution < -0.4 is 15.4 Å². The molecule has 144 valence electrons. The number of hydrogen-bond acceptors (Lipinski definition) is 3. The van der Waals surface area contributed by atoms with Crippen LogP contribution in [0.1, 0.15) is 44.2 Å². The molecule has 0 unspecified atom stereocenters. The van der Waals surface area contributed by atoms with Crippen molar-refractivity contribution in [2.75, 3.05) is 26.7 Å². The summed E-state index contributed by atoms with van der Waals surface area (Å²) >= 11 is 0. The predicted molar refractivity (Wildman–Crippen MR) is 106 cm³/mol. The van der Waals surface area contributed by atoms with E-state index in [4.69, 9.17) is 4.74 Å². The van der Waals surface area contributed by atoms with Gasteiger partial charge in [-0.1, -0.05) is 12.1 Å². The summed E-state index contributed by atoms with van der Waals surface area (Å²) < 4.78 is 5.91. The van der Waals surface area contributed by atoms with Crippen LogP contribution in [0.15, 0.2) is 23.2 Å². The molecule has 6 nitrogen and oxygen atoms in total. The number of carbonyl (C=O) groups is 1. The van der Waals surface area contributed by atoms with Gasteiger partial charge >= 0.3 is 0 Å². The van der Waals surface area contributed by atoms with Gasteiger partial charge in [-0.05, 0) is 51.7 Å². The number of nitrogens with zero attached hydrogens (tertiary/aromatic N) is 2. The van der Waals surface area contributed by atoms with Crippen LogP contribution >= 0.6 is 0 Å². The summed E-state index contributed by atoms with van der Waals surface area (Å²) in [7, 11) is 1.71. The third-order valence-electron chi connectivity index (χ3n) is 4.37. The van der Waals surface area contributed by atoms with Crippen LogP contribution in [0.3, 0.4) is 0 Å². The van der Waals surface area contributed by atoms with Gasteiger partial charge < -0.3 is 20.3 Å². The number of piperidine rings is 1. The minimum atomic E-state index is 0.121. The summed E-state index contributed by atoms with van der Waals surface area (Å²) in [5, 5.41) is 6.38. The van der Waals surface area contributed by atoms with Crippen molar-refractivity contribution in [2.24, 2.45) is 4.99 Å². The number of aryl methyl sites for hydroxylation is 1. The predicted octanol–water partition coefficient (Wildman–Crippen LogP) is 2.46. The smallest absolute Gasteiger partial charge is 0.241 e. The number of rotatable bonds is 6. The van der Waals surface area contributed by atoms with Gasteiger partial charge in [0.15, 0.2) is 5.96 Å². The van der Waals surface area contributed by atoms with Crippen molar-refractivity contribution in [1.29, 1.82) is 0 Å². The van der Waals surface area contributed by atoms with Gasteiger partial charge in [0.2, 0.25) is 5.91 Å². The molecule has 0 bridgehead atoms. The monoisotopic (exact) mass is 360 g/mol. The lowest BCUT2D eigenvalue weighted by atomic mass is 10.1. The second kappa shape index (κ2) is 10.0. The number of benzene rings is 1. The highest BCUT2D eigenvalue weighted by Gasteiger charge is 2.16. The molecule has 1 aliphatic heterocycles. The zero-order chi connectivity index (χ0) is 18.9. The molecule has 0 spiro atoms. The molecular weight excluding hydrogens is 328 g/mol. The zero-order valence-corrected chi connectivity index (χ0v) is 16.5. The number of aliphatic imine (C=N–C) groups is 1. The highest BCUT2D eigenvalue weighted by Crippen LogP contribution is 2.21. The molecule has 2 N–H and O–H groups in total. The van der Waals surface area contributed by atoms with Crippen molar-refractivity contribution in [3.8, 4) is 5.75 Å². The molecule has 1 heterocycles. The lowest BCUT2D eigenvalue weighted by molar-refractivity contribution is -0.130. The van der Waals surface area contributed by atoms with Crippen LogP contribution in [-0.2, 0) is 11.3 Å². The lowest BCUT2D eigenvalue weighted by Gasteiger charge is -2.27. The molecule has 0 saturated carbocycles. The van der Waals surface area contributed by atoms with E-state index in [0.717, 1.165) is 37.2 Å². The Labute approximate surface area is 157 Å². The summed E-state index contributed by atoms with van der Waals surface area (Å²) in [6.07, 6.45) is 3.54. The standard InChI is InChI=1S/C20H32N4O2/c1-15(2)26-18-12-16(3)8-9-17(18)13-22-20(21-4)23-14-19(25)24-10-6-5-7-11-24/h8-9,12,15H,5-7,10-11,13-14H2,1-4H3,(H2,21,22,23). The van der Waals surface area contributed by atoms with Gasteiger partial charge in [0.05, 0.1) is 12.6 Å². The molecule has 6 heteroatoms. The fourth-order valence-electron chi connectivity index (χ4n) is 2.99. The molecule has 0 aromatic heterocycles. The van der Waals surface area contributed by atoms with Crippen LogP contribution in [-0.4, -0.2) is 49.6 Å². The number of carbonyl (C=O) groups excluding carboxylic acids is 1. The Morgan fingerprint density at radius 3 is 2.62 bits per heavy atom. The van der Waals surface area contributed by atoms with E-state index in [1.54, 1.807) is 7.05 Å². The molecule has 1 amide bonds. The first-order chi connectivity index (χ1) is 12.5. The Bertz CT molecular complexity index is 622. The number of hydrogen-bond donors (Lipinski definition) is 2. The first kappa shape index (κ1) is 20.1. The van der Waals surface area contributed by atoms with Crippen LogP contribution in [0.5, 0.6) is 5.75 Å². The minimum Gasteiger partial charge on any atom is -0.491 e. The van der Waals surface area contributed by atoms with E-state index < -0.39 is 0 Å². The number of amides is 1. The molecule has 1 aromatic carbocycles. The van der Waals surface area contributed by atoms with E-state index >= 15 is 0 Å². The van der Waals surface area contributed by atoms with Crippen molar-refractivity contribution in [2.45, 2.75) is 52.7 Å². The summed E-state index contributed by atoms with van der Waals surface area (Å²) in [6, 6.07) is 6.18. The molecule has 26 heavy (non-hydrogen) atoms. The van der Waals surface area contributed by atoms with Gasteiger partial charge in [0, 0.05) is 32.2 Å². The van der Waals surface area contributed by atoms with Crippen LogP contribution in [0.4, 0.5) is 0 Å². The summed E-state index contributed by atoms with van der Waals surface area (Å²) in [6.45, 7) is 8.68. The Kier molecular flexibility index (Phi) is 7.75. The van der Waals surface area contributed by atoms with Crippen molar-refractivity contribution in [3.63, 3.8) is 0 Å². The quantitative estimate of drug-likeness (QED) is 0.604. The van der Waals surface area contributed by atoms with E-state index in [-0.39, 0.29) is 18.6 Å². The molecule has 0 aliphatic carbocycles. The van der Waals surface area contributed by atoms with Gasteiger partial charge in [0.25, 0.3) is 0 Å². The normalized spacial score (nSPS) is 15.1. The average Bonchev–Trinajstić information content (AvgIpc) is 2.63. The number of nitrogens with one attached hydrogen (secondary N) is 2. The van der Waals surface area contributed by atoms with Gasteiger partial charge in [-0.15, -0.1) is 0 Å². The topological polar surface area (TPSA) is 66.0 Å². The Morgan fingerprint density at radius 1 is 1.23 bits per heavy atom. The molecular formula is C20H32N4O2. The molecule has 1 saturated heterocycles. The maximum Gasteiger partial charge on any atom is 0.241 e. The molecule has 0 atom stereocenters. The van der Waals surface area contributed by atoms with Gasteiger partial charge in [-0.25, -0.2) is 0 Å². The van der Waals surface area contributed by atoms with Gasteiger partial charge in [-0.2, -0.15) is 0 Å². The third-order valence-corrected chi connectivity index (χ3v) is 4.37. The lowest BCUT2D eigenvalue weighted by Crippen LogP contribution is -2.45. The summed E-state index contributed by atoms with van der Waals surface area (Å²) in [5.41, 5.74) is 2.23. The maximum absolute atomic E-state index is 12.3. The fourth-order valence-corrected chi connectivity index (χ4v) is 2.99. The minimum absolute atomic E-state index is 0.121. The maximum atomic E-state index is 12.3. The average molecular weight is 361 g/mol. The van der Waals surface area contributed by atoms with E-state index in [1.807, 2.05) is 24.8 Å². The van der Waals surface area contributed by atoms with Crippen molar-refractivity contribution in [1.82, 2.24) is 15.5 Å². The Hall–Kier alpha value is -2.24. The molecule has 1 aromatic rings. The highest BCUT2D eigenvalue weighted by atomic mass is 16.5. The fraction of sp³-hybridized carbons (Fsp3) is 0.600. The van der Waals surface area contributed by atoms with E-state index in [2.05, 4.69) is 34.7 Å². The number of guanidine groups is 1. The van der Waals surface area contributed by atoms with Crippen molar-refractivity contribution in [3.05, 3.63) is 29.3 Å². The Balaban J connectivity index is 1.87. The SMILES string of the molecule is CN=C(NCC(=O)N1CCCCC1)NCc1ccc(C)cc1OC(C)C. The molecule has 1 fully saturated rings. The van der Waals surface area contributed by atoms with Crippen molar-refractivity contribution >= 4 is 11.9 Å². The number of likely N-dealkylation sites (tertiary alicyclic amines) is 1. The summed E-state index contributed by atoms with van der Waals surface area (Å²) in [4.78, 5) is 18.4. The third kappa shape index (κ3) is 6.24. The van der Waals surface area contributed by atoms with E-state index in [9.17, 15) is 4.79 Å². The van der Waals surface area contributed by atoms with Gasteiger partial charge in [-0.3, -0.25) is 9.79 Å². The van der Waals surface area contributed by atoms with Crippen LogP contribution in [0.25, 0.3) is 0 Å². The van der Waals surface area contributed by atoms with Crippen LogP contribution in [0.2, 0.25) is 0 Å². The summed E-state index contributed by atoms with van der Waals surface area (Å²) in [5.74, 6) is 1.63. The highest BCUT2D eigenvalue weighted by molar-refractivity contribution is 5.86. The van der Waals surface area contributed by atoms with E-state index in [1.165, 1.54) is 12.0 Å².